The number of aromatic nitrogens is 3. The van der Waals surface area contributed by atoms with Crippen molar-refractivity contribution in [3.63, 3.8) is 0 Å². The summed E-state index contributed by atoms with van der Waals surface area (Å²) < 4.78 is 0. The first-order chi connectivity index (χ1) is 14.2. The number of nitrogens with zero attached hydrogens (tertiary/aromatic N) is 3. The Kier molecular flexibility index (Phi) is 6.33. The normalized spacial score (nSPS) is 10.8. The predicted octanol–water partition coefficient (Wildman–Crippen LogP) is 5.19. The summed E-state index contributed by atoms with van der Waals surface area (Å²) in [6.07, 6.45) is 3.49. The van der Waals surface area contributed by atoms with Gasteiger partial charge < -0.3 is 5.32 Å². The molecule has 146 valence electrons. The molecule has 1 N–H and O–H groups in total. The molecule has 3 aromatic heterocycles. The molecule has 4 rings (SSSR count). The molecule has 0 fully saturated rings. The zero-order valence-corrected chi connectivity index (χ0v) is 18.1. The zero-order chi connectivity index (χ0) is 20.1. The van der Waals surface area contributed by atoms with Gasteiger partial charge in [-0.2, -0.15) is 0 Å². The van der Waals surface area contributed by atoms with Gasteiger partial charge in [0.2, 0.25) is 0 Å². The van der Waals surface area contributed by atoms with Crippen LogP contribution in [0.25, 0.3) is 11.3 Å². The Labute approximate surface area is 181 Å². The average Bonchev–Trinajstić information content (AvgIpc) is 3.40. The molecule has 0 aliphatic carbocycles. The minimum Gasteiger partial charge on any atom is -0.346 e. The van der Waals surface area contributed by atoms with Crippen LogP contribution in [-0.4, -0.2) is 20.9 Å². The highest BCUT2D eigenvalue weighted by Crippen LogP contribution is 2.24. The summed E-state index contributed by atoms with van der Waals surface area (Å²) in [6.45, 7) is 2.42. The summed E-state index contributed by atoms with van der Waals surface area (Å²) in [5.41, 5.74) is 3.66. The number of nitrogens with one attached hydrogen (secondary N) is 1. The Bertz CT molecular complexity index is 1090. The minimum atomic E-state index is -0.0997. The lowest BCUT2D eigenvalue weighted by atomic mass is 10.2. The Morgan fingerprint density at radius 2 is 1.83 bits per heavy atom. The van der Waals surface area contributed by atoms with E-state index in [1.165, 1.54) is 11.3 Å². The van der Waals surface area contributed by atoms with Crippen LogP contribution in [0.5, 0.6) is 0 Å². The molecule has 5 nitrogen and oxygen atoms in total. The van der Waals surface area contributed by atoms with E-state index in [4.69, 9.17) is 0 Å². The number of hydrogen-bond acceptors (Lipinski definition) is 7. The fourth-order valence-corrected chi connectivity index (χ4v) is 4.89. The maximum absolute atomic E-state index is 12.4. The number of benzene rings is 1. The minimum absolute atomic E-state index is 0.0997. The maximum Gasteiger partial charge on any atom is 0.251 e. The van der Waals surface area contributed by atoms with E-state index in [0.717, 1.165) is 37.6 Å². The van der Waals surface area contributed by atoms with Crippen LogP contribution in [0.15, 0.2) is 64.4 Å². The first kappa shape index (κ1) is 19.8. The van der Waals surface area contributed by atoms with Crippen molar-refractivity contribution in [1.82, 2.24) is 20.3 Å². The van der Waals surface area contributed by atoms with Gasteiger partial charge in [0.05, 0.1) is 22.9 Å². The van der Waals surface area contributed by atoms with Crippen LogP contribution in [0.2, 0.25) is 0 Å². The van der Waals surface area contributed by atoms with Gasteiger partial charge >= 0.3 is 0 Å². The van der Waals surface area contributed by atoms with E-state index in [9.17, 15) is 4.79 Å². The Morgan fingerprint density at radius 1 is 1.03 bits per heavy atom. The van der Waals surface area contributed by atoms with Crippen molar-refractivity contribution in [1.29, 1.82) is 0 Å². The van der Waals surface area contributed by atoms with E-state index in [1.54, 1.807) is 35.5 Å². The lowest BCUT2D eigenvalue weighted by molar-refractivity contribution is 0.0951. The zero-order valence-electron chi connectivity index (χ0n) is 15.7. The molecular formula is C21H18N4OS3. The third-order valence-electron chi connectivity index (χ3n) is 4.10. The monoisotopic (exact) mass is 438 g/mol. The van der Waals surface area contributed by atoms with Crippen molar-refractivity contribution in [3.05, 3.63) is 80.8 Å². The van der Waals surface area contributed by atoms with E-state index in [-0.39, 0.29) is 5.91 Å². The number of carbonyl (C=O) groups excluding carboxylic acids is 1. The van der Waals surface area contributed by atoms with Crippen molar-refractivity contribution < 1.29 is 4.79 Å². The van der Waals surface area contributed by atoms with Crippen molar-refractivity contribution >= 4 is 40.3 Å². The van der Waals surface area contributed by atoms with Gasteiger partial charge in [-0.05, 0) is 43.3 Å². The van der Waals surface area contributed by atoms with Gasteiger partial charge in [0.25, 0.3) is 5.91 Å². The van der Waals surface area contributed by atoms with Crippen molar-refractivity contribution in [2.24, 2.45) is 0 Å². The standard InChI is InChI=1S/C21H18N4OS3/c1-14-24-17(11-27-14)12-28-18-4-2-16(3-5-18)21(26)23-10-20-25-19(13-29-20)15-6-8-22-9-7-15/h2-9,11,13H,10,12H2,1H3,(H,23,26). The molecule has 4 aromatic rings. The molecule has 0 bridgehead atoms. The maximum atomic E-state index is 12.4. The second kappa shape index (κ2) is 9.30. The third kappa shape index (κ3) is 5.29. The lowest BCUT2D eigenvalue weighted by Crippen LogP contribution is -2.22. The van der Waals surface area contributed by atoms with E-state index >= 15 is 0 Å². The number of carbonyl (C=O) groups is 1. The summed E-state index contributed by atoms with van der Waals surface area (Å²) in [5.74, 6) is 0.733. The summed E-state index contributed by atoms with van der Waals surface area (Å²) >= 11 is 4.92. The van der Waals surface area contributed by atoms with Crippen LogP contribution in [0, 0.1) is 6.92 Å². The average molecular weight is 439 g/mol. The van der Waals surface area contributed by atoms with E-state index in [1.807, 2.05) is 48.7 Å². The number of amides is 1. The molecular weight excluding hydrogens is 420 g/mol. The number of thiazole rings is 2. The number of aryl methyl sites for hydroxylation is 1. The van der Waals surface area contributed by atoms with Crippen LogP contribution in [0.1, 0.15) is 26.1 Å². The molecule has 0 saturated carbocycles. The molecule has 0 unspecified atom stereocenters. The van der Waals surface area contributed by atoms with Gasteiger partial charge in [0.15, 0.2) is 0 Å². The third-order valence-corrected chi connectivity index (χ3v) is 6.81. The van der Waals surface area contributed by atoms with Crippen molar-refractivity contribution in [3.8, 4) is 11.3 Å². The predicted molar refractivity (Wildman–Crippen MR) is 119 cm³/mol. The fourth-order valence-electron chi connectivity index (χ4n) is 2.64. The molecule has 0 aliphatic heterocycles. The second-order valence-corrected chi connectivity index (χ2v) is 9.27. The first-order valence-electron chi connectivity index (χ1n) is 8.94. The number of rotatable bonds is 7. The SMILES string of the molecule is Cc1nc(CSc2ccc(C(=O)NCc3nc(-c4ccncc4)cs3)cc2)cs1. The Hall–Kier alpha value is -2.55. The van der Waals surface area contributed by atoms with E-state index in [0.29, 0.717) is 12.1 Å². The van der Waals surface area contributed by atoms with Crippen molar-refractivity contribution in [2.75, 3.05) is 0 Å². The molecule has 0 atom stereocenters. The quantitative estimate of drug-likeness (QED) is 0.402. The van der Waals surface area contributed by atoms with Gasteiger partial charge in [0.1, 0.15) is 5.01 Å². The molecule has 29 heavy (non-hydrogen) atoms. The fraction of sp³-hybridized carbons (Fsp3) is 0.143. The van der Waals surface area contributed by atoms with E-state index in [2.05, 4.69) is 25.6 Å². The molecule has 1 aromatic carbocycles. The van der Waals surface area contributed by atoms with Gasteiger partial charge in [-0.3, -0.25) is 9.78 Å². The van der Waals surface area contributed by atoms with Gasteiger partial charge in [-0.15, -0.1) is 34.4 Å². The second-order valence-electron chi connectivity index (χ2n) is 6.22. The summed E-state index contributed by atoms with van der Waals surface area (Å²) in [7, 11) is 0. The molecule has 0 spiro atoms. The van der Waals surface area contributed by atoms with Crippen LogP contribution in [-0.2, 0) is 12.3 Å². The van der Waals surface area contributed by atoms with Crippen LogP contribution in [0.4, 0.5) is 0 Å². The Morgan fingerprint density at radius 3 is 2.55 bits per heavy atom. The summed E-state index contributed by atoms with van der Waals surface area (Å²) in [4.78, 5) is 26.6. The molecule has 8 heteroatoms. The highest BCUT2D eigenvalue weighted by molar-refractivity contribution is 7.98. The van der Waals surface area contributed by atoms with E-state index < -0.39 is 0 Å². The highest BCUT2D eigenvalue weighted by atomic mass is 32.2. The van der Waals surface area contributed by atoms with Gasteiger partial charge in [-0.25, -0.2) is 9.97 Å². The van der Waals surface area contributed by atoms with Crippen LogP contribution < -0.4 is 5.32 Å². The Balaban J connectivity index is 1.30. The number of thioether (sulfide) groups is 1. The van der Waals surface area contributed by atoms with Crippen LogP contribution >= 0.6 is 34.4 Å². The number of pyridine rings is 1. The lowest BCUT2D eigenvalue weighted by Gasteiger charge is -2.05. The molecule has 0 radical (unpaired) electrons. The molecule has 0 aliphatic rings. The highest BCUT2D eigenvalue weighted by Gasteiger charge is 2.09. The molecule has 3 heterocycles. The topological polar surface area (TPSA) is 67.8 Å². The summed E-state index contributed by atoms with van der Waals surface area (Å²) in [6, 6.07) is 11.5. The first-order valence-corrected chi connectivity index (χ1v) is 11.7. The largest absolute Gasteiger partial charge is 0.346 e. The van der Waals surface area contributed by atoms with Crippen LogP contribution in [0.3, 0.4) is 0 Å². The summed E-state index contributed by atoms with van der Waals surface area (Å²) in [5, 5.41) is 8.98. The number of hydrogen-bond donors (Lipinski definition) is 1. The smallest absolute Gasteiger partial charge is 0.251 e. The molecule has 1 amide bonds. The van der Waals surface area contributed by atoms with Crippen molar-refractivity contribution in [2.45, 2.75) is 24.1 Å². The van der Waals surface area contributed by atoms with Gasteiger partial charge in [0, 0.05) is 44.9 Å². The molecule has 0 saturated heterocycles. The van der Waals surface area contributed by atoms with Gasteiger partial charge in [-0.1, -0.05) is 0 Å².